The lowest BCUT2D eigenvalue weighted by Gasteiger charge is -2.32. The lowest BCUT2D eigenvalue weighted by Crippen LogP contribution is -2.44. The molecule has 3 heteroatoms. The second kappa shape index (κ2) is 7.08. The van der Waals surface area contributed by atoms with Crippen molar-refractivity contribution in [3.8, 4) is 0 Å². The molecule has 0 unspecified atom stereocenters. The minimum Gasteiger partial charge on any atom is -0.342 e. The third-order valence-corrected chi connectivity index (χ3v) is 5.02. The van der Waals surface area contributed by atoms with Crippen molar-refractivity contribution >= 4 is 5.91 Å². The number of hydrogen-bond acceptors (Lipinski definition) is 2. The van der Waals surface area contributed by atoms with Crippen molar-refractivity contribution in [2.75, 3.05) is 19.6 Å². The molecule has 21 heavy (non-hydrogen) atoms. The molecule has 1 aromatic rings. The highest BCUT2D eigenvalue weighted by Crippen LogP contribution is 2.27. The van der Waals surface area contributed by atoms with Gasteiger partial charge in [0.2, 0.25) is 5.91 Å². The summed E-state index contributed by atoms with van der Waals surface area (Å²) in [5.74, 6) is 0.909. The number of likely N-dealkylation sites (tertiary alicyclic amines) is 1. The van der Waals surface area contributed by atoms with E-state index in [0.29, 0.717) is 18.5 Å². The van der Waals surface area contributed by atoms with Gasteiger partial charge in [0.15, 0.2) is 0 Å². The van der Waals surface area contributed by atoms with Crippen LogP contribution in [0, 0.1) is 0 Å². The Morgan fingerprint density at radius 3 is 2.38 bits per heavy atom. The lowest BCUT2D eigenvalue weighted by molar-refractivity contribution is -0.131. The van der Waals surface area contributed by atoms with Gasteiger partial charge in [-0.15, -0.1) is 0 Å². The van der Waals surface area contributed by atoms with Gasteiger partial charge in [-0.1, -0.05) is 43.2 Å². The first-order valence-electron chi connectivity index (χ1n) is 8.39. The number of nitrogens with one attached hydrogen (secondary N) is 1. The number of nitrogens with zero attached hydrogens (tertiary/aromatic N) is 1. The molecule has 1 aliphatic heterocycles. The van der Waals surface area contributed by atoms with E-state index < -0.39 is 0 Å². The Labute approximate surface area is 127 Å². The highest BCUT2D eigenvalue weighted by Gasteiger charge is 2.24. The predicted molar refractivity (Wildman–Crippen MR) is 85.3 cm³/mol. The van der Waals surface area contributed by atoms with Gasteiger partial charge in [0.05, 0.1) is 6.54 Å². The summed E-state index contributed by atoms with van der Waals surface area (Å²) in [7, 11) is 0. The van der Waals surface area contributed by atoms with Gasteiger partial charge in [0.1, 0.15) is 0 Å². The smallest absolute Gasteiger partial charge is 0.236 e. The Morgan fingerprint density at radius 2 is 1.71 bits per heavy atom. The lowest BCUT2D eigenvalue weighted by atomic mass is 9.89. The average Bonchev–Trinajstić information content (AvgIpc) is 3.07. The zero-order valence-corrected chi connectivity index (χ0v) is 12.8. The van der Waals surface area contributed by atoms with Gasteiger partial charge in [0.25, 0.3) is 0 Å². The molecule has 0 atom stereocenters. The molecule has 1 saturated carbocycles. The number of rotatable bonds is 4. The summed E-state index contributed by atoms with van der Waals surface area (Å²) in [6, 6.07) is 11.3. The van der Waals surface area contributed by atoms with Crippen LogP contribution in [0.5, 0.6) is 0 Å². The molecule has 3 nitrogen and oxygen atoms in total. The second-order valence-corrected chi connectivity index (χ2v) is 6.43. The van der Waals surface area contributed by atoms with Gasteiger partial charge in [-0.25, -0.2) is 0 Å². The monoisotopic (exact) mass is 286 g/mol. The van der Waals surface area contributed by atoms with E-state index in [1.165, 1.54) is 31.2 Å². The molecule has 0 bridgehead atoms. The van der Waals surface area contributed by atoms with Crippen molar-refractivity contribution in [1.82, 2.24) is 10.2 Å². The van der Waals surface area contributed by atoms with Crippen LogP contribution in [-0.2, 0) is 4.79 Å². The van der Waals surface area contributed by atoms with E-state index >= 15 is 0 Å². The fourth-order valence-corrected chi connectivity index (χ4v) is 3.66. The Morgan fingerprint density at radius 1 is 1.05 bits per heavy atom. The molecular weight excluding hydrogens is 260 g/mol. The van der Waals surface area contributed by atoms with E-state index in [1.807, 2.05) is 4.90 Å². The Kier molecular flexibility index (Phi) is 4.91. The zero-order valence-electron chi connectivity index (χ0n) is 12.8. The van der Waals surface area contributed by atoms with Crippen molar-refractivity contribution in [2.45, 2.75) is 50.5 Å². The van der Waals surface area contributed by atoms with Crippen molar-refractivity contribution in [1.29, 1.82) is 0 Å². The third kappa shape index (κ3) is 3.85. The van der Waals surface area contributed by atoms with Crippen LogP contribution in [0.4, 0.5) is 0 Å². The number of piperidine rings is 1. The normalized spacial score (nSPS) is 20.9. The van der Waals surface area contributed by atoms with Gasteiger partial charge in [-0.3, -0.25) is 4.79 Å². The van der Waals surface area contributed by atoms with E-state index in [0.717, 1.165) is 25.9 Å². The van der Waals surface area contributed by atoms with Crippen LogP contribution in [-0.4, -0.2) is 36.5 Å². The van der Waals surface area contributed by atoms with Crippen LogP contribution in [0.3, 0.4) is 0 Å². The summed E-state index contributed by atoms with van der Waals surface area (Å²) in [6.07, 6.45) is 7.30. The summed E-state index contributed by atoms with van der Waals surface area (Å²) in [5.41, 5.74) is 1.42. The minimum atomic E-state index is 0.286. The quantitative estimate of drug-likeness (QED) is 0.923. The maximum Gasteiger partial charge on any atom is 0.236 e. The molecule has 0 spiro atoms. The number of hydrogen-bond donors (Lipinski definition) is 1. The van der Waals surface area contributed by atoms with Crippen LogP contribution < -0.4 is 5.32 Å². The van der Waals surface area contributed by atoms with Crippen LogP contribution in [0.2, 0.25) is 0 Å². The number of amides is 1. The van der Waals surface area contributed by atoms with Crippen molar-refractivity contribution in [3.05, 3.63) is 35.9 Å². The topological polar surface area (TPSA) is 32.3 Å². The van der Waals surface area contributed by atoms with Crippen molar-refractivity contribution < 1.29 is 4.79 Å². The summed E-state index contributed by atoms with van der Waals surface area (Å²) in [6.45, 7) is 2.34. The fraction of sp³-hybridized carbons (Fsp3) is 0.611. The Hall–Kier alpha value is -1.35. The maximum absolute atomic E-state index is 12.3. The maximum atomic E-state index is 12.3. The summed E-state index contributed by atoms with van der Waals surface area (Å²) in [4.78, 5) is 14.3. The Bertz CT molecular complexity index is 446. The van der Waals surface area contributed by atoms with Crippen LogP contribution in [0.15, 0.2) is 30.3 Å². The summed E-state index contributed by atoms with van der Waals surface area (Å²) >= 11 is 0. The van der Waals surface area contributed by atoms with Gasteiger partial charge in [0, 0.05) is 19.1 Å². The van der Waals surface area contributed by atoms with E-state index in [2.05, 4.69) is 35.6 Å². The van der Waals surface area contributed by atoms with Gasteiger partial charge in [-0.05, 0) is 37.2 Å². The van der Waals surface area contributed by atoms with Crippen LogP contribution in [0.1, 0.15) is 50.0 Å². The molecule has 2 aliphatic rings. The molecule has 0 aromatic heterocycles. The van der Waals surface area contributed by atoms with Crippen molar-refractivity contribution in [3.63, 3.8) is 0 Å². The molecule has 1 heterocycles. The van der Waals surface area contributed by atoms with Crippen LogP contribution >= 0.6 is 0 Å². The first kappa shape index (κ1) is 14.6. The molecule has 3 rings (SSSR count). The molecular formula is C18H26N2O. The van der Waals surface area contributed by atoms with Gasteiger partial charge in [-0.2, -0.15) is 0 Å². The molecule has 1 aromatic carbocycles. The molecule has 1 aliphatic carbocycles. The molecule has 1 N–H and O–H groups in total. The largest absolute Gasteiger partial charge is 0.342 e. The van der Waals surface area contributed by atoms with Crippen LogP contribution in [0.25, 0.3) is 0 Å². The zero-order chi connectivity index (χ0) is 14.5. The average molecular weight is 286 g/mol. The Balaban J connectivity index is 1.43. The molecule has 114 valence electrons. The van der Waals surface area contributed by atoms with E-state index in [4.69, 9.17) is 0 Å². The standard InChI is InChI=1S/C18H26N2O/c21-18(14-19-17-8-4-5-9-17)20-12-10-16(11-13-20)15-6-2-1-3-7-15/h1-3,6-7,16-17,19H,4-5,8-14H2. The minimum absolute atomic E-state index is 0.286. The number of carbonyl (C=O) groups is 1. The molecule has 1 saturated heterocycles. The predicted octanol–water partition coefficient (Wildman–Crippen LogP) is 2.92. The number of carbonyl (C=O) groups excluding carboxylic acids is 1. The first-order valence-corrected chi connectivity index (χ1v) is 8.39. The highest BCUT2D eigenvalue weighted by molar-refractivity contribution is 5.78. The molecule has 1 amide bonds. The SMILES string of the molecule is O=C(CNC1CCCC1)N1CCC(c2ccccc2)CC1. The highest BCUT2D eigenvalue weighted by atomic mass is 16.2. The van der Waals surface area contributed by atoms with E-state index in [-0.39, 0.29) is 5.91 Å². The molecule has 2 fully saturated rings. The first-order chi connectivity index (χ1) is 10.3. The fourth-order valence-electron chi connectivity index (χ4n) is 3.66. The van der Waals surface area contributed by atoms with Crippen molar-refractivity contribution in [2.24, 2.45) is 0 Å². The summed E-state index contributed by atoms with van der Waals surface area (Å²) < 4.78 is 0. The van der Waals surface area contributed by atoms with E-state index in [1.54, 1.807) is 0 Å². The summed E-state index contributed by atoms with van der Waals surface area (Å²) in [5, 5.41) is 3.43. The van der Waals surface area contributed by atoms with Gasteiger partial charge < -0.3 is 10.2 Å². The molecule has 0 radical (unpaired) electrons. The van der Waals surface area contributed by atoms with Gasteiger partial charge >= 0.3 is 0 Å². The number of benzene rings is 1. The second-order valence-electron chi connectivity index (χ2n) is 6.43. The van der Waals surface area contributed by atoms with E-state index in [9.17, 15) is 4.79 Å². The third-order valence-electron chi connectivity index (χ3n) is 5.02.